The van der Waals surface area contributed by atoms with Crippen molar-refractivity contribution in [1.29, 1.82) is 0 Å². The van der Waals surface area contributed by atoms with Crippen LogP contribution in [-0.2, 0) is 0 Å². The molecule has 0 heterocycles. The molecule has 0 aliphatic carbocycles. The molecule has 1 N–H and O–H groups in total. The van der Waals surface area contributed by atoms with E-state index < -0.39 is 0 Å². The monoisotopic (exact) mass is 266 g/mol. The second-order valence-corrected chi connectivity index (χ2v) is 4.88. The minimum atomic E-state index is -0.204. The van der Waals surface area contributed by atoms with E-state index in [9.17, 15) is 4.79 Å². The van der Waals surface area contributed by atoms with Gasteiger partial charge in [0, 0.05) is 11.1 Å². The normalized spacial score (nSPS) is 10.8. The molecule has 3 heteroatoms. The number of amides is 1. The van der Waals surface area contributed by atoms with Crippen molar-refractivity contribution in [2.45, 2.75) is 20.8 Å². The van der Waals surface area contributed by atoms with Crippen LogP contribution in [-0.4, -0.2) is 12.1 Å². The largest absolute Gasteiger partial charge is 0.271 e. The van der Waals surface area contributed by atoms with E-state index in [4.69, 9.17) is 0 Å². The van der Waals surface area contributed by atoms with E-state index in [0.29, 0.717) is 5.56 Å². The van der Waals surface area contributed by atoms with Crippen molar-refractivity contribution in [2.75, 3.05) is 0 Å². The second-order valence-electron chi connectivity index (χ2n) is 4.88. The lowest BCUT2D eigenvalue weighted by molar-refractivity contribution is 0.0955. The highest BCUT2D eigenvalue weighted by Crippen LogP contribution is 2.14. The van der Waals surface area contributed by atoms with Gasteiger partial charge in [0.2, 0.25) is 0 Å². The van der Waals surface area contributed by atoms with Gasteiger partial charge in [0.1, 0.15) is 0 Å². The minimum Gasteiger partial charge on any atom is -0.267 e. The topological polar surface area (TPSA) is 41.5 Å². The van der Waals surface area contributed by atoms with Crippen molar-refractivity contribution < 1.29 is 4.79 Å². The van der Waals surface area contributed by atoms with Gasteiger partial charge >= 0.3 is 0 Å². The van der Waals surface area contributed by atoms with Crippen LogP contribution in [0, 0.1) is 20.8 Å². The molecular formula is C17H18N2O. The first-order valence-corrected chi connectivity index (χ1v) is 6.54. The summed E-state index contributed by atoms with van der Waals surface area (Å²) in [6, 6.07) is 13.3. The van der Waals surface area contributed by atoms with Crippen molar-refractivity contribution >= 4 is 12.1 Å². The number of benzene rings is 2. The molecule has 2 rings (SSSR count). The minimum absolute atomic E-state index is 0.204. The zero-order valence-corrected chi connectivity index (χ0v) is 12.0. The summed E-state index contributed by atoms with van der Waals surface area (Å²) in [4.78, 5) is 11.8. The predicted molar refractivity (Wildman–Crippen MR) is 82.2 cm³/mol. The molecule has 0 spiro atoms. The average Bonchev–Trinajstić information content (AvgIpc) is 2.42. The lowest BCUT2D eigenvalue weighted by Crippen LogP contribution is -2.17. The molecule has 0 aromatic heterocycles. The predicted octanol–water partition coefficient (Wildman–Crippen LogP) is 3.38. The van der Waals surface area contributed by atoms with Gasteiger partial charge < -0.3 is 0 Å². The highest BCUT2D eigenvalue weighted by atomic mass is 16.2. The van der Waals surface area contributed by atoms with Gasteiger partial charge in [-0.2, -0.15) is 5.10 Å². The molecule has 102 valence electrons. The van der Waals surface area contributed by atoms with Crippen LogP contribution in [0.4, 0.5) is 0 Å². The Bertz CT molecular complexity index is 622. The molecule has 0 saturated heterocycles. The van der Waals surface area contributed by atoms with Crippen molar-refractivity contribution in [3.8, 4) is 0 Å². The average molecular weight is 266 g/mol. The summed E-state index contributed by atoms with van der Waals surface area (Å²) < 4.78 is 0. The number of hydrogen-bond acceptors (Lipinski definition) is 2. The molecule has 2 aromatic carbocycles. The Hall–Kier alpha value is -2.42. The first kappa shape index (κ1) is 14.0. The van der Waals surface area contributed by atoms with Gasteiger partial charge in [-0.1, -0.05) is 35.9 Å². The van der Waals surface area contributed by atoms with Crippen LogP contribution in [0.1, 0.15) is 32.6 Å². The molecule has 0 aliphatic heterocycles. The number of nitrogens with one attached hydrogen (secondary N) is 1. The van der Waals surface area contributed by atoms with Crippen LogP contribution >= 0.6 is 0 Å². The highest BCUT2D eigenvalue weighted by Gasteiger charge is 2.03. The summed E-state index contributed by atoms with van der Waals surface area (Å²) in [5.74, 6) is -0.204. The van der Waals surface area contributed by atoms with Gasteiger partial charge in [-0.15, -0.1) is 0 Å². The van der Waals surface area contributed by atoms with E-state index in [2.05, 4.69) is 29.6 Å². The van der Waals surface area contributed by atoms with Crippen LogP contribution in [0.15, 0.2) is 47.6 Å². The summed E-state index contributed by atoms with van der Waals surface area (Å²) in [6.45, 7) is 6.15. The van der Waals surface area contributed by atoms with Crippen LogP contribution in [0.2, 0.25) is 0 Å². The van der Waals surface area contributed by atoms with Crippen LogP contribution < -0.4 is 5.43 Å². The third-order valence-electron chi connectivity index (χ3n) is 3.13. The Morgan fingerprint density at radius 1 is 1.05 bits per heavy atom. The third kappa shape index (κ3) is 3.32. The number of rotatable bonds is 3. The van der Waals surface area contributed by atoms with Crippen LogP contribution in [0.5, 0.6) is 0 Å². The molecule has 2 aromatic rings. The smallest absolute Gasteiger partial charge is 0.267 e. The second kappa shape index (κ2) is 6.15. The molecule has 3 nitrogen and oxygen atoms in total. The third-order valence-corrected chi connectivity index (χ3v) is 3.13. The Balaban J connectivity index is 2.10. The van der Waals surface area contributed by atoms with Gasteiger partial charge in [-0.3, -0.25) is 4.79 Å². The first-order valence-electron chi connectivity index (χ1n) is 6.54. The molecule has 0 atom stereocenters. The molecule has 1 amide bonds. The van der Waals surface area contributed by atoms with Gasteiger partial charge in [0.15, 0.2) is 0 Å². The maximum Gasteiger partial charge on any atom is 0.271 e. The fraction of sp³-hybridized carbons (Fsp3) is 0.176. The number of hydrogen-bond donors (Lipinski definition) is 1. The molecule has 0 bridgehead atoms. The number of carbonyl (C=O) groups excluding carboxylic acids is 1. The number of nitrogens with zero attached hydrogens (tertiary/aromatic N) is 1. The standard InChI is InChI=1S/C17H18N2O/c1-12-9-13(2)16(14(3)10-12)11-18-19-17(20)15-7-5-4-6-8-15/h4-11H,1-3H3,(H,19,20). The zero-order valence-electron chi connectivity index (χ0n) is 12.0. The Morgan fingerprint density at radius 3 is 2.25 bits per heavy atom. The molecule has 0 saturated carbocycles. The van der Waals surface area contributed by atoms with E-state index in [0.717, 1.165) is 16.7 Å². The fourth-order valence-corrected chi connectivity index (χ4v) is 2.20. The van der Waals surface area contributed by atoms with Crippen LogP contribution in [0.3, 0.4) is 0 Å². The fourth-order valence-electron chi connectivity index (χ4n) is 2.20. The van der Waals surface area contributed by atoms with E-state index in [1.165, 1.54) is 5.56 Å². The number of hydrazone groups is 1. The van der Waals surface area contributed by atoms with Crippen molar-refractivity contribution in [3.05, 3.63) is 70.3 Å². The number of aryl methyl sites for hydroxylation is 3. The van der Waals surface area contributed by atoms with Crippen LogP contribution in [0.25, 0.3) is 0 Å². The zero-order chi connectivity index (χ0) is 14.5. The van der Waals surface area contributed by atoms with Crippen molar-refractivity contribution in [1.82, 2.24) is 5.43 Å². The van der Waals surface area contributed by atoms with Gasteiger partial charge in [-0.25, -0.2) is 5.43 Å². The molecular weight excluding hydrogens is 248 g/mol. The Labute approximate surface area is 119 Å². The van der Waals surface area contributed by atoms with Gasteiger partial charge in [-0.05, 0) is 44.0 Å². The maximum atomic E-state index is 11.8. The van der Waals surface area contributed by atoms with E-state index >= 15 is 0 Å². The Morgan fingerprint density at radius 2 is 1.65 bits per heavy atom. The summed E-state index contributed by atoms with van der Waals surface area (Å²) in [7, 11) is 0. The van der Waals surface area contributed by atoms with Gasteiger partial charge in [0.25, 0.3) is 5.91 Å². The van der Waals surface area contributed by atoms with Crippen molar-refractivity contribution in [2.24, 2.45) is 5.10 Å². The first-order chi connectivity index (χ1) is 9.58. The molecule has 0 radical (unpaired) electrons. The SMILES string of the molecule is Cc1cc(C)c(C=NNC(=O)c2ccccc2)c(C)c1. The molecule has 0 unspecified atom stereocenters. The lowest BCUT2D eigenvalue weighted by Gasteiger charge is -2.06. The summed E-state index contributed by atoms with van der Waals surface area (Å²) >= 11 is 0. The Kier molecular flexibility index (Phi) is 4.31. The van der Waals surface area contributed by atoms with E-state index in [1.54, 1.807) is 18.3 Å². The summed E-state index contributed by atoms with van der Waals surface area (Å²) in [5, 5.41) is 4.04. The van der Waals surface area contributed by atoms with E-state index in [-0.39, 0.29) is 5.91 Å². The van der Waals surface area contributed by atoms with Gasteiger partial charge in [0.05, 0.1) is 6.21 Å². The maximum absolute atomic E-state index is 11.8. The van der Waals surface area contributed by atoms with E-state index in [1.807, 2.05) is 32.0 Å². The summed E-state index contributed by atoms with van der Waals surface area (Å²) in [5.41, 5.74) is 7.72. The lowest BCUT2D eigenvalue weighted by atomic mass is 10.0. The molecule has 0 aliphatic rings. The molecule has 0 fully saturated rings. The summed E-state index contributed by atoms with van der Waals surface area (Å²) in [6.07, 6.45) is 1.70. The molecule has 20 heavy (non-hydrogen) atoms. The quantitative estimate of drug-likeness (QED) is 0.671. The number of carbonyl (C=O) groups is 1. The van der Waals surface area contributed by atoms with Crippen molar-refractivity contribution in [3.63, 3.8) is 0 Å². The highest BCUT2D eigenvalue weighted by molar-refractivity contribution is 5.95.